The van der Waals surface area contributed by atoms with Gasteiger partial charge in [-0.15, -0.1) is 0 Å². The molecule has 1 atom stereocenters. The third-order valence-electron chi connectivity index (χ3n) is 3.77. The molecular weight excluding hydrogens is 224 g/mol. The van der Waals surface area contributed by atoms with E-state index in [1.165, 1.54) is 36.9 Å². The summed E-state index contributed by atoms with van der Waals surface area (Å²) in [6.07, 6.45) is 9.23. The highest BCUT2D eigenvalue weighted by Crippen LogP contribution is 2.28. The van der Waals surface area contributed by atoms with Crippen LogP contribution >= 0.6 is 0 Å². The number of nitrogens with two attached hydrogens (primary N) is 1. The molecule has 0 fully saturated rings. The molecule has 1 aromatic heterocycles. The lowest BCUT2D eigenvalue weighted by molar-refractivity contribution is 0.126. The molecule has 1 aliphatic carbocycles. The normalized spacial score (nSPS) is 18.9. The maximum Gasteiger partial charge on any atom is 0.0483 e. The summed E-state index contributed by atoms with van der Waals surface area (Å²) < 4.78 is 7.97. The molecule has 0 aliphatic heterocycles. The lowest BCUT2D eigenvalue weighted by Gasteiger charge is -2.21. The molecule has 2 N–H and O–H groups in total. The number of aryl methyl sites for hydroxylation is 1. The molecule has 1 unspecified atom stereocenters. The van der Waals surface area contributed by atoms with E-state index in [4.69, 9.17) is 10.5 Å². The van der Waals surface area contributed by atoms with E-state index in [2.05, 4.69) is 23.8 Å². The first-order valence-electron chi connectivity index (χ1n) is 7.34. The molecule has 0 aromatic carbocycles. The van der Waals surface area contributed by atoms with Gasteiger partial charge in [-0.05, 0) is 43.7 Å². The molecule has 0 saturated heterocycles. The molecule has 3 nitrogen and oxygen atoms in total. The number of unbranched alkanes of at least 4 members (excludes halogenated alkanes) is 1. The summed E-state index contributed by atoms with van der Waals surface area (Å²) in [5.41, 5.74) is 8.96. The number of ether oxygens (including phenoxy) is 1. The third kappa shape index (κ3) is 3.36. The standard InChI is InChI=1S/C15H26N2O/c1-2-3-11-18-12-5-9-17-10-8-13-14(16)6-4-7-15(13)17/h8,10,14H,2-7,9,11-12,16H2,1H3. The van der Waals surface area contributed by atoms with Crippen molar-refractivity contribution in [3.8, 4) is 0 Å². The molecule has 1 heterocycles. The van der Waals surface area contributed by atoms with Crippen molar-refractivity contribution < 1.29 is 4.74 Å². The molecule has 3 heteroatoms. The van der Waals surface area contributed by atoms with Gasteiger partial charge in [-0.1, -0.05) is 13.3 Å². The van der Waals surface area contributed by atoms with Gasteiger partial charge in [0.1, 0.15) is 0 Å². The highest BCUT2D eigenvalue weighted by Gasteiger charge is 2.19. The Hall–Kier alpha value is -0.800. The van der Waals surface area contributed by atoms with E-state index in [0.717, 1.165) is 32.6 Å². The Morgan fingerprint density at radius 2 is 2.22 bits per heavy atom. The lowest BCUT2D eigenvalue weighted by atomic mass is 9.94. The maximum atomic E-state index is 6.13. The first-order valence-corrected chi connectivity index (χ1v) is 7.34. The minimum absolute atomic E-state index is 0.260. The van der Waals surface area contributed by atoms with Gasteiger partial charge in [0.2, 0.25) is 0 Å². The quantitative estimate of drug-likeness (QED) is 0.756. The van der Waals surface area contributed by atoms with Crippen LogP contribution in [0.15, 0.2) is 12.3 Å². The van der Waals surface area contributed by atoms with Gasteiger partial charge in [-0.3, -0.25) is 0 Å². The molecule has 2 rings (SSSR count). The van der Waals surface area contributed by atoms with Gasteiger partial charge in [0.25, 0.3) is 0 Å². The van der Waals surface area contributed by atoms with Crippen molar-refractivity contribution in [2.45, 2.75) is 58.0 Å². The van der Waals surface area contributed by atoms with Crippen LogP contribution < -0.4 is 5.73 Å². The first-order chi connectivity index (χ1) is 8.83. The summed E-state index contributed by atoms with van der Waals surface area (Å²) in [7, 11) is 0. The van der Waals surface area contributed by atoms with Crippen LogP contribution in [0.2, 0.25) is 0 Å². The van der Waals surface area contributed by atoms with Crippen LogP contribution in [0.3, 0.4) is 0 Å². The van der Waals surface area contributed by atoms with Gasteiger partial charge in [-0.2, -0.15) is 0 Å². The summed E-state index contributed by atoms with van der Waals surface area (Å²) in [6, 6.07) is 2.47. The summed E-state index contributed by atoms with van der Waals surface area (Å²) in [5, 5.41) is 0. The van der Waals surface area contributed by atoms with Crippen LogP contribution in [-0.2, 0) is 17.7 Å². The van der Waals surface area contributed by atoms with Crippen molar-refractivity contribution >= 4 is 0 Å². The van der Waals surface area contributed by atoms with Crippen LogP contribution in [0.25, 0.3) is 0 Å². The zero-order chi connectivity index (χ0) is 12.8. The highest BCUT2D eigenvalue weighted by atomic mass is 16.5. The van der Waals surface area contributed by atoms with E-state index in [0.29, 0.717) is 0 Å². The predicted octanol–water partition coefficient (Wildman–Crippen LogP) is 3.03. The molecule has 102 valence electrons. The zero-order valence-electron chi connectivity index (χ0n) is 11.5. The number of hydrogen-bond donors (Lipinski definition) is 1. The number of aromatic nitrogens is 1. The minimum atomic E-state index is 0.260. The van der Waals surface area contributed by atoms with Crippen LogP contribution in [0.1, 0.15) is 56.3 Å². The van der Waals surface area contributed by atoms with Gasteiger partial charge in [0.15, 0.2) is 0 Å². The average molecular weight is 250 g/mol. The van der Waals surface area contributed by atoms with Crippen molar-refractivity contribution in [3.05, 3.63) is 23.5 Å². The summed E-state index contributed by atoms with van der Waals surface area (Å²) in [6.45, 7) is 5.04. The second kappa shape index (κ2) is 6.95. The second-order valence-corrected chi connectivity index (χ2v) is 5.23. The summed E-state index contributed by atoms with van der Waals surface area (Å²) in [5.74, 6) is 0. The lowest BCUT2D eigenvalue weighted by Crippen LogP contribution is -2.18. The number of rotatable bonds is 7. The summed E-state index contributed by atoms with van der Waals surface area (Å²) >= 11 is 0. The van der Waals surface area contributed by atoms with E-state index >= 15 is 0 Å². The van der Waals surface area contributed by atoms with Crippen LogP contribution in [0.5, 0.6) is 0 Å². The summed E-state index contributed by atoms with van der Waals surface area (Å²) in [4.78, 5) is 0. The molecule has 18 heavy (non-hydrogen) atoms. The van der Waals surface area contributed by atoms with Crippen molar-refractivity contribution in [3.63, 3.8) is 0 Å². The maximum absolute atomic E-state index is 6.13. The van der Waals surface area contributed by atoms with Gasteiger partial charge in [0.05, 0.1) is 0 Å². The fraction of sp³-hybridized carbons (Fsp3) is 0.733. The topological polar surface area (TPSA) is 40.2 Å². The minimum Gasteiger partial charge on any atom is -0.381 e. The number of hydrogen-bond acceptors (Lipinski definition) is 2. The van der Waals surface area contributed by atoms with Crippen LogP contribution in [-0.4, -0.2) is 17.8 Å². The van der Waals surface area contributed by atoms with Gasteiger partial charge in [-0.25, -0.2) is 0 Å². The van der Waals surface area contributed by atoms with Crippen molar-refractivity contribution in [1.29, 1.82) is 0 Å². The van der Waals surface area contributed by atoms with Gasteiger partial charge < -0.3 is 15.0 Å². The van der Waals surface area contributed by atoms with Crippen LogP contribution in [0, 0.1) is 0 Å². The number of nitrogens with zero attached hydrogens (tertiary/aromatic N) is 1. The fourth-order valence-electron chi connectivity index (χ4n) is 2.69. The Balaban J connectivity index is 1.76. The van der Waals surface area contributed by atoms with Crippen molar-refractivity contribution in [2.24, 2.45) is 5.73 Å². The van der Waals surface area contributed by atoms with Crippen molar-refractivity contribution in [2.75, 3.05) is 13.2 Å². The van der Waals surface area contributed by atoms with E-state index in [1.54, 1.807) is 0 Å². The SMILES string of the molecule is CCCCOCCCn1ccc2c1CCCC2N. The molecular formula is C15H26N2O. The first kappa shape index (κ1) is 13.6. The van der Waals surface area contributed by atoms with Gasteiger partial charge in [0, 0.05) is 37.7 Å². The monoisotopic (exact) mass is 250 g/mol. The highest BCUT2D eigenvalue weighted by molar-refractivity contribution is 5.28. The van der Waals surface area contributed by atoms with E-state index < -0.39 is 0 Å². The van der Waals surface area contributed by atoms with E-state index in [9.17, 15) is 0 Å². The van der Waals surface area contributed by atoms with E-state index in [-0.39, 0.29) is 6.04 Å². The predicted molar refractivity (Wildman–Crippen MR) is 74.6 cm³/mol. The van der Waals surface area contributed by atoms with E-state index in [1.807, 2.05) is 0 Å². The Bertz CT molecular complexity index is 359. The number of fused-ring (bicyclic) bond motifs is 1. The molecule has 0 amide bonds. The molecule has 0 radical (unpaired) electrons. The van der Waals surface area contributed by atoms with Gasteiger partial charge >= 0.3 is 0 Å². The van der Waals surface area contributed by atoms with Crippen molar-refractivity contribution in [1.82, 2.24) is 4.57 Å². The Kier molecular flexibility index (Phi) is 5.26. The zero-order valence-corrected chi connectivity index (χ0v) is 11.5. The molecule has 1 aliphatic rings. The Morgan fingerprint density at radius 1 is 1.39 bits per heavy atom. The third-order valence-corrected chi connectivity index (χ3v) is 3.77. The molecule has 0 saturated carbocycles. The molecule has 1 aromatic rings. The van der Waals surface area contributed by atoms with Crippen LogP contribution in [0.4, 0.5) is 0 Å². The Labute approximate surface area is 110 Å². The molecule has 0 bridgehead atoms. The Morgan fingerprint density at radius 3 is 3.06 bits per heavy atom. The second-order valence-electron chi connectivity index (χ2n) is 5.23. The largest absolute Gasteiger partial charge is 0.381 e. The smallest absolute Gasteiger partial charge is 0.0483 e. The molecule has 0 spiro atoms. The average Bonchev–Trinajstić information content (AvgIpc) is 2.79. The fourth-order valence-corrected chi connectivity index (χ4v) is 2.69.